The molecule has 0 saturated carbocycles. The Morgan fingerprint density at radius 1 is 1.06 bits per heavy atom. The molecule has 6 nitrogen and oxygen atoms in total. The van der Waals surface area contributed by atoms with E-state index in [1.165, 1.54) is 12.1 Å². The zero-order chi connectivity index (χ0) is 24.3. The van der Waals surface area contributed by atoms with Gasteiger partial charge < -0.3 is 14.2 Å². The summed E-state index contributed by atoms with van der Waals surface area (Å²) < 4.78 is 50.0. The lowest BCUT2D eigenvalue weighted by Gasteiger charge is -2.34. The number of hydrogen-bond donors (Lipinski definition) is 0. The van der Waals surface area contributed by atoms with Crippen molar-refractivity contribution >= 4 is 5.91 Å². The summed E-state index contributed by atoms with van der Waals surface area (Å²) in [6.45, 7) is 6.28. The Labute approximate surface area is 195 Å². The Bertz CT molecular complexity index is 1130. The summed E-state index contributed by atoms with van der Waals surface area (Å²) in [5.41, 5.74) is 1.90. The van der Waals surface area contributed by atoms with E-state index in [9.17, 15) is 18.0 Å². The second-order valence-corrected chi connectivity index (χ2v) is 8.43. The minimum absolute atomic E-state index is 0.162. The Kier molecular flexibility index (Phi) is 6.92. The molecular formula is C25H26F3N3O3. The van der Waals surface area contributed by atoms with Crippen molar-refractivity contribution in [3.63, 3.8) is 0 Å². The van der Waals surface area contributed by atoms with Gasteiger partial charge in [-0.2, -0.15) is 13.2 Å². The van der Waals surface area contributed by atoms with E-state index in [0.717, 1.165) is 11.6 Å². The summed E-state index contributed by atoms with van der Waals surface area (Å²) in [6.07, 6.45) is -4.36. The number of rotatable bonds is 6. The number of carbonyl (C=O) groups is 1. The van der Waals surface area contributed by atoms with Crippen LogP contribution in [0, 0.1) is 13.8 Å². The van der Waals surface area contributed by atoms with Crippen LogP contribution in [0.4, 0.5) is 13.2 Å². The molecule has 3 aromatic rings. The fraction of sp³-hybridized carbons (Fsp3) is 0.360. The van der Waals surface area contributed by atoms with Gasteiger partial charge in [0, 0.05) is 32.7 Å². The molecule has 1 fully saturated rings. The van der Waals surface area contributed by atoms with E-state index < -0.39 is 11.7 Å². The lowest BCUT2D eigenvalue weighted by atomic mass is 10.1. The average molecular weight is 473 g/mol. The molecule has 2 aromatic carbocycles. The Morgan fingerprint density at radius 2 is 1.76 bits per heavy atom. The number of carbonyl (C=O) groups excluding carboxylic acids is 1. The minimum atomic E-state index is -4.36. The number of halogens is 3. The van der Waals surface area contributed by atoms with Gasteiger partial charge in [-0.3, -0.25) is 9.69 Å². The smallest absolute Gasteiger partial charge is 0.416 e. The molecule has 0 atom stereocenters. The maximum atomic E-state index is 13.1. The van der Waals surface area contributed by atoms with Gasteiger partial charge in [-0.05, 0) is 37.6 Å². The highest BCUT2D eigenvalue weighted by Gasteiger charge is 2.31. The third-order valence-corrected chi connectivity index (χ3v) is 5.91. The normalized spacial score (nSPS) is 14.9. The van der Waals surface area contributed by atoms with Crippen LogP contribution in [-0.2, 0) is 19.3 Å². The van der Waals surface area contributed by atoms with Crippen LogP contribution in [0.5, 0.6) is 5.75 Å². The molecule has 2 heterocycles. The molecule has 1 saturated heterocycles. The number of amides is 1. The van der Waals surface area contributed by atoms with Crippen molar-refractivity contribution in [1.29, 1.82) is 0 Å². The first kappa shape index (κ1) is 23.8. The number of ether oxygens (including phenoxy) is 1. The Balaban J connectivity index is 1.35. The van der Waals surface area contributed by atoms with Gasteiger partial charge in [-0.15, -0.1) is 0 Å². The molecule has 0 unspecified atom stereocenters. The van der Waals surface area contributed by atoms with Gasteiger partial charge >= 0.3 is 6.18 Å². The molecule has 0 N–H and O–H groups in total. The first-order valence-corrected chi connectivity index (χ1v) is 11.0. The van der Waals surface area contributed by atoms with Crippen molar-refractivity contribution in [1.82, 2.24) is 15.0 Å². The van der Waals surface area contributed by atoms with Gasteiger partial charge in [-0.25, -0.2) is 0 Å². The molecule has 1 aliphatic rings. The largest absolute Gasteiger partial charge is 0.489 e. The molecule has 9 heteroatoms. The predicted octanol–water partition coefficient (Wildman–Crippen LogP) is 4.85. The maximum Gasteiger partial charge on any atom is 0.416 e. The van der Waals surface area contributed by atoms with Gasteiger partial charge in [-0.1, -0.05) is 41.1 Å². The lowest BCUT2D eigenvalue weighted by molar-refractivity contribution is -0.137. The second kappa shape index (κ2) is 9.89. The molecule has 1 aromatic heterocycles. The van der Waals surface area contributed by atoms with Gasteiger partial charge in [0.2, 0.25) is 0 Å². The topological polar surface area (TPSA) is 58.8 Å². The molecule has 180 valence electrons. The SMILES string of the molecule is Cc1ccc(OCc2c(C(=O)N3CCN(Cc4cccc(C(F)(F)F)c4)CC3)noc2C)cc1. The molecule has 0 aliphatic carbocycles. The summed E-state index contributed by atoms with van der Waals surface area (Å²) in [6, 6.07) is 13.0. The van der Waals surface area contributed by atoms with Crippen molar-refractivity contribution in [2.24, 2.45) is 0 Å². The predicted molar refractivity (Wildman–Crippen MR) is 119 cm³/mol. The average Bonchev–Trinajstić information content (AvgIpc) is 3.18. The van der Waals surface area contributed by atoms with Crippen LogP contribution < -0.4 is 4.74 Å². The molecule has 0 radical (unpaired) electrons. The third kappa shape index (κ3) is 5.59. The molecular weight excluding hydrogens is 447 g/mol. The van der Waals surface area contributed by atoms with Gasteiger partial charge in [0.15, 0.2) is 5.69 Å². The fourth-order valence-corrected chi connectivity index (χ4v) is 3.88. The van der Waals surface area contributed by atoms with Gasteiger partial charge in [0.25, 0.3) is 5.91 Å². The number of hydrogen-bond acceptors (Lipinski definition) is 5. The summed E-state index contributed by atoms with van der Waals surface area (Å²) in [7, 11) is 0. The van der Waals surface area contributed by atoms with Crippen LogP contribution in [0.1, 0.15) is 38.5 Å². The van der Waals surface area contributed by atoms with Crippen LogP contribution in [-0.4, -0.2) is 47.0 Å². The summed E-state index contributed by atoms with van der Waals surface area (Å²) >= 11 is 0. The van der Waals surface area contributed by atoms with Gasteiger partial charge in [0.05, 0.1) is 11.1 Å². The van der Waals surface area contributed by atoms with E-state index in [1.807, 2.05) is 36.1 Å². The highest BCUT2D eigenvalue weighted by Crippen LogP contribution is 2.30. The lowest BCUT2D eigenvalue weighted by Crippen LogP contribution is -2.48. The van der Waals surface area contributed by atoms with Crippen molar-refractivity contribution in [3.05, 3.63) is 82.2 Å². The van der Waals surface area contributed by atoms with E-state index >= 15 is 0 Å². The third-order valence-electron chi connectivity index (χ3n) is 5.91. The first-order chi connectivity index (χ1) is 16.2. The van der Waals surface area contributed by atoms with Crippen LogP contribution >= 0.6 is 0 Å². The van der Waals surface area contributed by atoms with Crippen LogP contribution in [0.2, 0.25) is 0 Å². The minimum Gasteiger partial charge on any atom is -0.489 e. The highest BCUT2D eigenvalue weighted by molar-refractivity contribution is 5.93. The van der Waals surface area contributed by atoms with E-state index in [0.29, 0.717) is 55.4 Å². The van der Waals surface area contributed by atoms with E-state index in [-0.39, 0.29) is 18.2 Å². The van der Waals surface area contributed by atoms with E-state index in [4.69, 9.17) is 9.26 Å². The zero-order valence-electron chi connectivity index (χ0n) is 19.1. The number of benzene rings is 2. The highest BCUT2D eigenvalue weighted by atomic mass is 19.4. The number of nitrogens with zero attached hydrogens (tertiary/aromatic N) is 3. The second-order valence-electron chi connectivity index (χ2n) is 8.43. The van der Waals surface area contributed by atoms with E-state index in [1.54, 1.807) is 17.9 Å². The molecule has 4 rings (SSSR count). The standard InChI is InChI=1S/C25H26F3N3O3/c1-17-6-8-21(9-7-17)33-16-22-18(2)34-29-23(22)24(32)31-12-10-30(11-13-31)15-19-4-3-5-20(14-19)25(26,27)28/h3-9,14H,10-13,15-16H2,1-2H3. The quantitative estimate of drug-likeness (QED) is 0.513. The number of aryl methyl sites for hydroxylation is 2. The molecule has 1 aliphatic heterocycles. The fourth-order valence-electron chi connectivity index (χ4n) is 3.88. The van der Waals surface area contributed by atoms with Crippen molar-refractivity contribution in [2.75, 3.05) is 26.2 Å². The number of aromatic nitrogens is 1. The molecule has 0 spiro atoms. The maximum absolute atomic E-state index is 13.1. The van der Waals surface area contributed by atoms with Gasteiger partial charge in [0.1, 0.15) is 18.1 Å². The molecule has 34 heavy (non-hydrogen) atoms. The number of alkyl halides is 3. The van der Waals surface area contributed by atoms with Crippen molar-refractivity contribution in [3.8, 4) is 5.75 Å². The monoisotopic (exact) mass is 473 g/mol. The number of piperazine rings is 1. The van der Waals surface area contributed by atoms with Crippen molar-refractivity contribution < 1.29 is 27.2 Å². The molecule has 1 amide bonds. The van der Waals surface area contributed by atoms with Crippen LogP contribution in [0.3, 0.4) is 0 Å². The van der Waals surface area contributed by atoms with Crippen LogP contribution in [0.25, 0.3) is 0 Å². The summed E-state index contributed by atoms with van der Waals surface area (Å²) in [5, 5.41) is 3.97. The Hall–Kier alpha value is -3.33. The first-order valence-electron chi connectivity index (χ1n) is 11.0. The van der Waals surface area contributed by atoms with Crippen molar-refractivity contribution in [2.45, 2.75) is 33.2 Å². The molecule has 0 bridgehead atoms. The summed E-state index contributed by atoms with van der Waals surface area (Å²) in [5.74, 6) is 0.976. The Morgan fingerprint density at radius 3 is 2.44 bits per heavy atom. The zero-order valence-corrected chi connectivity index (χ0v) is 19.1. The summed E-state index contributed by atoms with van der Waals surface area (Å²) in [4.78, 5) is 16.8. The van der Waals surface area contributed by atoms with Crippen LogP contribution in [0.15, 0.2) is 53.1 Å². The van der Waals surface area contributed by atoms with E-state index in [2.05, 4.69) is 5.16 Å².